The molecule has 0 fully saturated rings. The van der Waals surface area contributed by atoms with E-state index in [0.717, 1.165) is 4.90 Å². The third-order valence-electron chi connectivity index (χ3n) is 3.52. The lowest BCUT2D eigenvalue weighted by molar-refractivity contribution is -0.117. The van der Waals surface area contributed by atoms with Crippen LogP contribution in [0.3, 0.4) is 0 Å². The molecule has 0 N–H and O–H groups in total. The quantitative estimate of drug-likeness (QED) is 0.746. The molecule has 1 heterocycles. The number of hydrogen-bond acceptors (Lipinski definition) is 2. The van der Waals surface area contributed by atoms with Crippen LogP contribution in [0.25, 0.3) is 0 Å². The number of rotatable bonds is 1. The summed E-state index contributed by atoms with van der Waals surface area (Å²) in [5.41, 5.74) is 1.83. The number of imide groups is 1. The number of anilines is 1. The Morgan fingerprint density at radius 2 is 1.80 bits per heavy atom. The minimum absolute atomic E-state index is 0.151. The van der Waals surface area contributed by atoms with Gasteiger partial charge in [0.1, 0.15) is 5.82 Å². The van der Waals surface area contributed by atoms with Gasteiger partial charge in [0.25, 0.3) is 5.91 Å². The predicted octanol–water partition coefficient (Wildman–Crippen LogP) is 2.86. The Kier molecular flexibility index (Phi) is 2.86. The molecule has 4 heteroatoms. The molecule has 0 atom stereocenters. The molecule has 0 unspecified atom stereocenters. The molecule has 3 nitrogen and oxygen atoms in total. The highest BCUT2D eigenvalue weighted by Crippen LogP contribution is 2.28. The summed E-state index contributed by atoms with van der Waals surface area (Å²) in [6.45, 7) is 1.56. The Morgan fingerprint density at radius 3 is 2.60 bits per heavy atom. The molecular weight excluding hydrogens is 257 g/mol. The highest BCUT2D eigenvalue weighted by Gasteiger charge is 2.32. The van der Waals surface area contributed by atoms with Crippen LogP contribution in [0.5, 0.6) is 0 Å². The standard InChI is InChI=1S/C16H12FNO2/c1-10-13(17)7-4-8-14(10)18-15(19)9-11-5-2-3-6-12(11)16(18)20/h2-8H,9H2,1H3. The summed E-state index contributed by atoms with van der Waals surface area (Å²) in [6.07, 6.45) is 0.151. The first kappa shape index (κ1) is 12.5. The van der Waals surface area contributed by atoms with E-state index in [1.54, 1.807) is 37.3 Å². The second-order valence-electron chi connectivity index (χ2n) is 4.75. The van der Waals surface area contributed by atoms with E-state index in [4.69, 9.17) is 0 Å². The van der Waals surface area contributed by atoms with Gasteiger partial charge in [-0.2, -0.15) is 0 Å². The first-order valence-electron chi connectivity index (χ1n) is 6.30. The Bertz CT molecular complexity index is 724. The zero-order valence-electron chi connectivity index (χ0n) is 10.9. The van der Waals surface area contributed by atoms with Crippen LogP contribution >= 0.6 is 0 Å². The van der Waals surface area contributed by atoms with Crippen molar-refractivity contribution in [3.63, 3.8) is 0 Å². The third kappa shape index (κ3) is 1.81. The smallest absolute Gasteiger partial charge is 0.265 e. The van der Waals surface area contributed by atoms with Gasteiger partial charge in [0.2, 0.25) is 5.91 Å². The predicted molar refractivity (Wildman–Crippen MR) is 73.1 cm³/mol. The summed E-state index contributed by atoms with van der Waals surface area (Å²) in [5, 5.41) is 0. The van der Waals surface area contributed by atoms with Gasteiger partial charge in [-0.05, 0) is 30.7 Å². The molecule has 0 aromatic heterocycles. The summed E-state index contributed by atoms with van der Waals surface area (Å²) in [4.78, 5) is 25.8. The van der Waals surface area contributed by atoms with Gasteiger partial charge in [-0.1, -0.05) is 24.3 Å². The van der Waals surface area contributed by atoms with Crippen LogP contribution in [0, 0.1) is 12.7 Å². The van der Waals surface area contributed by atoms with E-state index >= 15 is 0 Å². The number of halogens is 1. The zero-order chi connectivity index (χ0) is 14.3. The van der Waals surface area contributed by atoms with Crippen LogP contribution in [-0.4, -0.2) is 11.8 Å². The lowest BCUT2D eigenvalue weighted by Gasteiger charge is -2.28. The molecular formula is C16H12FNO2. The normalized spacial score (nSPS) is 14.4. The summed E-state index contributed by atoms with van der Waals surface area (Å²) < 4.78 is 13.6. The van der Waals surface area contributed by atoms with E-state index in [0.29, 0.717) is 22.4 Å². The van der Waals surface area contributed by atoms with Gasteiger partial charge < -0.3 is 0 Å². The van der Waals surface area contributed by atoms with Gasteiger partial charge >= 0.3 is 0 Å². The van der Waals surface area contributed by atoms with Gasteiger partial charge in [-0.25, -0.2) is 9.29 Å². The van der Waals surface area contributed by atoms with Gasteiger partial charge in [-0.15, -0.1) is 0 Å². The monoisotopic (exact) mass is 269 g/mol. The topological polar surface area (TPSA) is 37.4 Å². The maximum absolute atomic E-state index is 13.6. The second kappa shape index (κ2) is 4.56. The summed E-state index contributed by atoms with van der Waals surface area (Å²) in [7, 11) is 0. The number of carbonyl (C=O) groups excluding carboxylic acids is 2. The van der Waals surface area contributed by atoms with Crippen molar-refractivity contribution in [1.29, 1.82) is 0 Å². The lowest BCUT2D eigenvalue weighted by Crippen LogP contribution is -2.42. The first-order valence-corrected chi connectivity index (χ1v) is 6.30. The molecule has 2 aromatic carbocycles. The number of hydrogen-bond donors (Lipinski definition) is 0. The van der Waals surface area contributed by atoms with Crippen LogP contribution in [0.1, 0.15) is 21.5 Å². The molecule has 1 aliphatic rings. The van der Waals surface area contributed by atoms with Crippen LogP contribution in [-0.2, 0) is 11.2 Å². The van der Waals surface area contributed by atoms with Crippen molar-refractivity contribution < 1.29 is 14.0 Å². The van der Waals surface area contributed by atoms with Crippen molar-refractivity contribution in [3.05, 3.63) is 65.0 Å². The fourth-order valence-corrected chi connectivity index (χ4v) is 2.44. The number of nitrogens with zero attached hydrogens (tertiary/aromatic N) is 1. The molecule has 3 rings (SSSR count). The van der Waals surface area contributed by atoms with Crippen LogP contribution in [0.2, 0.25) is 0 Å². The highest BCUT2D eigenvalue weighted by atomic mass is 19.1. The summed E-state index contributed by atoms with van der Waals surface area (Å²) >= 11 is 0. The van der Waals surface area contributed by atoms with E-state index in [1.165, 1.54) is 12.1 Å². The molecule has 2 amide bonds. The van der Waals surface area contributed by atoms with Crippen molar-refractivity contribution in [2.45, 2.75) is 13.3 Å². The Balaban J connectivity index is 2.14. The van der Waals surface area contributed by atoms with Crippen molar-refractivity contribution in [1.82, 2.24) is 0 Å². The van der Waals surface area contributed by atoms with Gasteiger partial charge in [0, 0.05) is 11.1 Å². The Hall–Kier alpha value is -2.49. The third-order valence-corrected chi connectivity index (χ3v) is 3.52. The molecule has 20 heavy (non-hydrogen) atoms. The average Bonchev–Trinajstić information content (AvgIpc) is 2.43. The molecule has 0 saturated carbocycles. The average molecular weight is 269 g/mol. The molecule has 0 aliphatic carbocycles. The molecule has 0 spiro atoms. The van der Waals surface area contributed by atoms with Crippen LogP contribution in [0.15, 0.2) is 42.5 Å². The van der Waals surface area contributed by atoms with Crippen molar-refractivity contribution in [2.24, 2.45) is 0 Å². The Morgan fingerprint density at radius 1 is 1.05 bits per heavy atom. The van der Waals surface area contributed by atoms with E-state index in [9.17, 15) is 14.0 Å². The van der Waals surface area contributed by atoms with E-state index in [1.807, 2.05) is 0 Å². The molecule has 0 radical (unpaired) electrons. The van der Waals surface area contributed by atoms with E-state index in [2.05, 4.69) is 0 Å². The molecule has 0 saturated heterocycles. The maximum Gasteiger partial charge on any atom is 0.265 e. The summed E-state index contributed by atoms with van der Waals surface area (Å²) in [5.74, 6) is -1.16. The molecule has 1 aliphatic heterocycles. The van der Waals surface area contributed by atoms with Crippen LogP contribution in [0.4, 0.5) is 10.1 Å². The minimum atomic E-state index is -0.429. The second-order valence-corrected chi connectivity index (χ2v) is 4.75. The number of carbonyl (C=O) groups is 2. The highest BCUT2D eigenvalue weighted by molar-refractivity contribution is 6.24. The van der Waals surface area contributed by atoms with Gasteiger partial charge in [0.15, 0.2) is 0 Å². The molecule has 0 bridgehead atoms. The van der Waals surface area contributed by atoms with Gasteiger partial charge in [-0.3, -0.25) is 9.59 Å². The van der Waals surface area contributed by atoms with Gasteiger partial charge in [0.05, 0.1) is 12.1 Å². The Labute approximate surface area is 115 Å². The lowest BCUT2D eigenvalue weighted by atomic mass is 9.97. The van der Waals surface area contributed by atoms with Crippen molar-refractivity contribution >= 4 is 17.5 Å². The number of fused-ring (bicyclic) bond motifs is 1. The first-order chi connectivity index (χ1) is 9.59. The minimum Gasteiger partial charge on any atom is -0.274 e. The van der Waals surface area contributed by atoms with Crippen molar-refractivity contribution in [2.75, 3.05) is 4.90 Å². The number of benzene rings is 2. The summed E-state index contributed by atoms with van der Waals surface area (Å²) in [6, 6.07) is 11.4. The fourth-order valence-electron chi connectivity index (χ4n) is 2.44. The maximum atomic E-state index is 13.6. The fraction of sp³-hybridized carbons (Fsp3) is 0.125. The molecule has 2 aromatic rings. The molecule has 100 valence electrons. The SMILES string of the molecule is Cc1c(F)cccc1N1C(=O)Cc2ccccc2C1=O. The van der Waals surface area contributed by atoms with E-state index in [-0.39, 0.29) is 12.3 Å². The largest absolute Gasteiger partial charge is 0.274 e. The van der Waals surface area contributed by atoms with Crippen LogP contribution < -0.4 is 4.90 Å². The number of amides is 2. The van der Waals surface area contributed by atoms with E-state index < -0.39 is 11.7 Å². The zero-order valence-corrected chi connectivity index (χ0v) is 10.9. The van der Waals surface area contributed by atoms with Crippen molar-refractivity contribution in [3.8, 4) is 0 Å².